The van der Waals surface area contributed by atoms with Crippen molar-refractivity contribution in [3.8, 4) is 0 Å². The van der Waals surface area contributed by atoms with E-state index in [1.165, 1.54) is 28.9 Å². The van der Waals surface area contributed by atoms with Crippen LogP contribution in [-0.4, -0.2) is 30.1 Å². The monoisotopic (exact) mass is 444 g/mol. The van der Waals surface area contributed by atoms with Crippen LogP contribution in [0.15, 0.2) is 60.9 Å². The number of pyridine rings is 2. The minimum absolute atomic E-state index is 0.205. The van der Waals surface area contributed by atoms with Gasteiger partial charge in [0.15, 0.2) is 0 Å². The maximum absolute atomic E-state index is 14.9. The van der Waals surface area contributed by atoms with Crippen LogP contribution in [0.5, 0.6) is 0 Å². The van der Waals surface area contributed by atoms with E-state index in [0.29, 0.717) is 23.6 Å². The van der Waals surface area contributed by atoms with Crippen molar-refractivity contribution < 1.29 is 13.6 Å². The summed E-state index contributed by atoms with van der Waals surface area (Å²) in [5.41, 5.74) is 3.21. The topological polar surface area (TPSA) is 77.1 Å². The number of hydrogen-bond donors (Lipinski definition) is 1. The summed E-state index contributed by atoms with van der Waals surface area (Å²) < 4.78 is 31.4. The van der Waals surface area contributed by atoms with Gasteiger partial charge in [0.25, 0.3) is 5.91 Å². The Morgan fingerprint density at radius 2 is 1.97 bits per heavy atom. The van der Waals surface area contributed by atoms with Gasteiger partial charge in [-0.1, -0.05) is 12.1 Å². The van der Waals surface area contributed by atoms with Crippen molar-refractivity contribution in [1.29, 1.82) is 0 Å². The largest absolute Gasteiger partial charge is 0.320 e. The molecule has 1 aliphatic carbocycles. The Bertz CT molecular complexity index is 1540. The Morgan fingerprint density at radius 1 is 1.12 bits per heavy atom. The Labute approximate surface area is 186 Å². The number of anilines is 1. The maximum Gasteiger partial charge on any atom is 0.274 e. The molecule has 0 radical (unpaired) electrons. The summed E-state index contributed by atoms with van der Waals surface area (Å²) in [4.78, 5) is 21.7. The highest BCUT2D eigenvalue weighted by Gasteiger charge is 2.25. The third-order valence-electron chi connectivity index (χ3n) is 5.83. The second-order valence-electron chi connectivity index (χ2n) is 8.15. The number of nitrogens with zero attached hydrogens (tertiary/aromatic N) is 5. The molecule has 1 N–H and O–H groups in total. The van der Waals surface area contributed by atoms with Gasteiger partial charge in [0.2, 0.25) is 5.95 Å². The molecule has 1 saturated carbocycles. The van der Waals surface area contributed by atoms with E-state index < -0.39 is 17.7 Å². The highest BCUT2D eigenvalue weighted by Crippen LogP contribution is 2.39. The summed E-state index contributed by atoms with van der Waals surface area (Å²) in [5, 5.41) is 7.02. The first-order chi connectivity index (χ1) is 16.1. The van der Waals surface area contributed by atoms with Gasteiger partial charge in [0, 0.05) is 23.9 Å². The molecule has 1 fully saturated rings. The van der Waals surface area contributed by atoms with Crippen molar-refractivity contribution in [3.05, 3.63) is 89.8 Å². The normalized spacial score (nSPS) is 13.6. The van der Waals surface area contributed by atoms with Crippen molar-refractivity contribution in [2.24, 2.45) is 0 Å². The van der Waals surface area contributed by atoms with E-state index in [9.17, 15) is 13.6 Å². The molecule has 5 aromatic rings. The number of hydrogen-bond acceptors (Lipinski definition) is 4. The van der Waals surface area contributed by atoms with Gasteiger partial charge in [-0.25, -0.2) is 9.37 Å². The summed E-state index contributed by atoms with van der Waals surface area (Å²) in [6.07, 6.45) is 5.08. The van der Waals surface area contributed by atoms with Crippen LogP contribution in [0.3, 0.4) is 0 Å². The number of fused-ring (bicyclic) bond motifs is 2. The molecular formula is C24H18F2N6O. The number of halogens is 2. The van der Waals surface area contributed by atoms with Gasteiger partial charge in [-0.2, -0.15) is 4.39 Å². The van der Waals surface area contributed by atoms with Gasteiger partial charge in [-0.05, 0) is 43.2 Å². The minimum Gasteiger partial charge on any atom is -0.320 e. The number of benzene rings is 1. The summed E-state index contributed by atoms with van der Waals surface area (Å²) in [5.74, 6) is -1.10. The van der Waals surface area contributed by atoms with Crippen LogP contribution in [0.2, 0.25) is 0 Å². The first kappa shape index (κ1) is 19.5. The molecule has 1 aliphatic rings. The number of aromatic nitrogens is 5. The van der Waals surface area contributed by atoms with Crippen LogP contribution in [0.4, 0.5) is 14.5 Å². The summed E-state index contributed by atoms with van der Waals surface area (Å²) in [6, 6.07) is 13.4. The molecule has 9 heteroatoms. The Hall–Kier alpha value is -4.14. The molecule has 0 aliphatic heterocycles. The minimum atomic E-state index is -0.681. The predicted molar refractivity (Wildman–Crippen MR) is 118 cm³/mol. The van der Waals surface area contributed by atoms with Gasteiger partial charge >= 0.3 is 0 Å². The van der Waals surface area contributed by atoms with Crippen molar-refractivity contribution in [1.82, 2.24) is 24.1 Å². The smallest absolute Gasteiger partial charge is 0.274 e. The van der Waals surface area contributed by atoms with Crippen molar-refractivity contribution in [2.45, 2.75) is 25.3 Å². The van der Waals surface area contributed by atoms with E-state index in [4.69, 9.17) is 4.98 Å². The molecule has 0 atom stereocenters. The number of nitrogens with one attached hydrogen (secondary N) is 1. The highest BCUT2D eigenvalue weighted by molar-refractivity contribution is 6.08. The molecule has 4 aromatic heterocycles. The van der Waals surface area contributed by atoms with Crippen molar-refractivity contribution in [3.63, 3.8) is 0 Å². The SMILES string of the molecule is O=C(Nc1cccc2c1c(F)nn2Cc1cccc(C2CC2)n1)c1cnc2cc(F)ccn12. The molecular weight excluding hydrogens is 426 g/mol. The zero-order valence-corrected chi connectivity index (χ0v) is 17.4. The quantitative estimate of drug-likeness (QED) is 0.432. The predicted octanol–water partition coefficient (Wildman–Crippen LogP) is 4.54. The molecule has 0 bridgehead atoms. The van der Waals surface area contributed by atoms with Crippen LogP contribution in [0.25, 0.3) is 16.6 Å². The number of amides is 1. The highest BCUT2D eigenvalue weighted by atomic mass is 19.1. The average molecular weight is 444 g/mol. The van der Waals surface area contributed by atoms with Crippen molar-refractivity contribution in [2.75, 3.05) is 5.32 Å². The summed E-state index contributed by atoms with van der Waals surface area (Å²) >= 11 is 0. The van der Waals surface area contributed by atoms with Crippen LogP contribution < -0.4 is 5.32 Å². The summed E-state index contributed by atoms with van der Waals surface area (Å²) in [6.45, 7) is 0.317. The molecule has 1 amide bonds. The van der Waals surface area contributed by atoms with E-state index in [1.54, 1.807) is 22.9 Å². The molecule has 4 heterocycles. The Balaban J connectivity index is 1.32. The van der Waals surface area contributed by atoms with Crippen LogP contribution >= 0.6 is 0 Å². The lowest BCUT2D eigenvalue weighted by Crippen LogP contribution is -2.14. The van der Waals surface area contributed by atoms with E-state index in [0.717, 1.165) is 24.2 Å². The van der Waals surface area contributed by atoms with Gasteiger partial charge in [-0.15, -0.1) is 5.10 Å². The van der Waals surface area contributed by atoms with Gasteiger partial charge in [0.1, 0.15) is 17.2 Å². The third kappa shape index (κ3) is 3.51. The fourth-order valence-electron chi connectivity index (χ4n) is 4.06. The number of rotatable bonds is 5. The maximum atomic E-state index is 14.9. The van der Waals surface area contributed by atoms with Gasteiger partial charge in [0.05, 0.1) is 35.0 Å². The van der Waals surface area contributed by atoms with Gasteiger partial charge < -0.3 is 5.32 Å². The van der Waals surface area contributed by atoms with E-state index >= 15 is 0 Å². The molecule has 33 heavy (non-hydrogen) atoms. The molecule has 7 nitrogen and oxygen atoms in total. The second kappa shape index (κ2) is 7.47. The molecule has 0 unspecified atom stereocenters. The lowest BCUT2D eigenvalue weighted by molar-refractivity contribution is 0.102. The zero-order chi connectivity index (χ0) is 22.5. The van der Waals surface area contributed by atoms with Crippen LogP contribution in [0, 0.1) is 11.8 Å². The number of carbonyl (C=O) groups is 1. The zero-order valence-electron chi connectivity index (χ0n) is 17.4. The fourth-order valence-corrected chi connectivity index (χ4v) is 4.06. The van der Waals surface area contributed by atoms with E-state index in [2.05, 4.69) is 15.4 Å². The average Bonchev–Trinajstić information content (AvgIpc) is 3.50. The van der Waals surface area contributed by atoms with Crippen molar-refractivity contribution >= 4 is 28.1 Å². The van der Waals surface area contributed by atoms with E-state index in [-0.39, 0.29) is 16.8 Å². The second-order valence-corrected chi connectivity index (χ2v) is 8.15. The molecule has 1 aromatic carbocycles. The van der Waals surface area contributed by atoms with Crippen LogP contribution in [-0.2, 0) is 6.54 Å². The first-order valence-corrected chi connectivity index (χ1v) is 10.6. The number of imidazole rings is 1. The Morgan fingerprint density at radius 3 is 2.82 bits per heavy atom. The Kier molecular flexibility index (Phi) is 4.42. The number of carbonyl (C=O) groups excluding carboxylic acids is 1. The lowest BCUT2D eigenvalue weighted by atomic mass is 10.2. The molecule has 6 rings (SSSR count). The third-order valence-corrected chi connectivity index (χ3v) is 5.83. The summed E-state index contributed by atoms with van der Waals surface area (Å²) in [7, 11) is 0. The molecule has 0 saturated heterocycles. The van der Waals surface area contributed by atoms with Crippen LogP contribution in [0.1, 0.15) is 40.6 Å². The van der Waals surface area contributed by atoms with Gasteiger partial charge in [-0.3, -0.25) is 18.9 Å². The first-order valence-electron chi connectivity index (χ1n) is 10.6. The lowest BCUT2D eigenvalue weighted by Gasteiger charge is -2.08. The molecule has 164 valence electrons. The fraction of sp³-hybridized carbons (Fsp3) is 0.167. The van der Waals surface area contributed by atoms with E-state index in [1.807, 2.05) is 18.2 Å². The standard InChI is InChI=1S/C24H18F2N6O/c25-15-9-10-31-20(12-27-21(31)11-15)24(33)29-18-5-2-6-19-22(18)23(26)30-32(19)13-16-3-1-4-17(28-16)14-7-8-14/h1-6,9-12,14H,7-8,13H2,(H,29,33). The molecule has 0 spiro atoms.